The fourth-order valence-corrected chi connectivity index (χ4v) is 1.87. The van der Waals surface area contributed by atoms with Crippen LogP contribution in [0.2, 0.25) is 0 Å². The summed E-state index contributed by atoms with van der Waals surface area (Å²) in [5.74, 6) is 0.920. The van der Waals surface area contributed by atoms with Crippen molar-refractivity contribution in [3.63, 3.8) is 0 Å². The second-order valence-electron chi connectivity index (χ2n) is 12.8. The Morgan fingerprint density at radius 2 is 1.16 bits per heavy atom. The van der Waals surface area contributed by atoms with Crippen LogP contribution in [0, 0.1) is 39.7 Å². The minimum absolute atomic E-state index is 0.0782. The largest absolute Gasteiger partial charge is 0.479 e. The fourth-order valence-electron chi connectivity index (χ4n) is 1.87. The number of carbonyl (C=O) groups is 1. The molecule has 1 aromatic carbocycles. The van der Waals surface area contributed by atoms with E-state index in [0.717, 1.165) is 5.56 Å². The van der Waals surface area contributed by atoms with Gasteiger partial charge in [0.1, 0.15) is 19.3 Å². The van der Waals surface area contributed by atoms with Crippen LogP contribution in [0.3, 0.4) is 0 Å². The second-order valence-corrected chi connectivity index (χ2v) is 12.8. The molecule has 0 aliphatic carbocycles. The van der Waals surface area contributed by atoms with Gasteiger partial charge in [0.15, 0.2) is 0 Å². The van der Waals surface area contributed by atoms with Crippen LogP contribution in [0.1, 0.15) is 95.6 Å². The Hall–Kier alpha value is -4.56. The van der Waals surface area contributed by atoms with Crippen LogP contribution in [-0.2, 0) is 30.8 Å². The van der Waals surface area contributed by atoms with Gasteiger partial charge in [0, 0.05) is 43.2 Å². The molecule has 2 N–H and O–H groups in total. The molecule has 0 heterocycles. The summed E-state index contributed by atoms with van der Waals surface area (Å²) in [5, 5.41) is 43.6. The summed E-state index contributed by atoms with van der Waals surface area (Å²) in [6.07, 6.45) is 8.26. The molecule has 0 aliphatic heterocycles. The van der Waals surface area contributed by atoms with Crippen LogP contribution in [-0.4, -0.2) is 71.6 Å². The van der Waals surface area contributed by atoms with Gasteiger partial charge in [-0.15, -0.1) is 5.16 Å². The molecule has 0 saturated carbocycles. The average Bonchev–Trinajstić information content (AvgIpc) is 2.97. The van der Waals surface area contributed by atoms with E-state index in [1.807, 2.05) is 76.2 Å². The van der Waals surface area contributed by atoms with E-state index in [9.17, 15) is 14.9 Å². The maximum Gasteiger partial charge on any atom is 0.344 e. The molecule has 1 rings (SSSR count). The minimum Gasteiger partial charge on any atom is -0.479 e. The number of hydrogen-bond acceptors (Lipinski definition) is 13. The number of benzene rings is 1. The predicted octanol–water partition coefficient (Wildman–Crippen LogP) is 8.30. The van der Waals surface area contributed by atoms with Crippen LogP contribution in [0.15, 0.2) is 50.0 Å². The van der Waals surface area contributed by atoms with Crippen molar-refractivity contribution in [2.75, 3.05) is 13.7 Å². The number of carboxylic acids is 1. The summed E-state index contributed by atoms with van der Waals surface area (Å²) < 4.78 is 0. The first-order chi connectivity index (χ1) is 22.7. The van der Waals surface area contributed by atoms with Gasteiger partial charge in [0.05, 0.1) is 4.92 Å². The number of hydrogen-bond donors (Lipinski definition) is 2. The molecule has 1 aromatic rings. The van der Waals surface area contributed by atoms with E-state index >= 15 is 0 Å². The lowest BCUT2D eigenvalue weighted by molar-refractivity contribution is -0.384. The van der Waals surface area contributed by atoms with Crippen LogP contribution in [0.25, 0.3) is 0 Å². The van der Waals surface area contributed by atoms with Gasteiger partial charge in [-0.25, -0.2) is 4.79 Å². The van der Waals surface area contributed by atoms with E-state index in [4.69, 9.17) is 20.0 Å². The van der Waals surface area contributed by atoms with Gasteiger partial charge in [-0.2, -0.15) is 0 Å². The maximum absolute atomic E-state index is 10.4. The number of nitro groups is 1. The molecule has 0 fully saturated rings. The maximum atomic E-state index is 10.4. The molecule has 0 spiro atoms. The van der Waals surface area contributed by atoms with E-state index in [0.29, 0.717) is 30.3 Å². The smallest absolute Gasteiger partial charge is 0.344 e. The van der Waals surface area contributed by atoms with Crippen molar-refractivity contribution in [1.82, 2.24) is 0 Å². The Morgan fingerprint density at radius 3 is 1.47 bits per heavy atom. The third-order valence-electron chi connectivity index (χ3n) is 3.95. The van der Waals surface area contributed by atoms with Crippen molar-refractivity contribution >= 4 is 42.7 Å². The molecule has 0 unspecified atom stereocenters. The van der Waals surface area contributed by atoms with Crippen molar-refractivity contribution in [3.05, 3.63) is 39.9 Å². The van der Waals surface area contributed by atoms with Crippen LogP contribution in [0.4, 0.5) is 5.69 Å². The average molecular weight is 699 g/mol. The summed E-state index contributed by atoms with van der Waals surface area (Å²) in [5.41, 5.74) is 0.770. The van der Waals surface area contributed by atoms with Crippen molar-refractivity contribution < 1.29 is 39.4 Å². The number of rotatable bonds is 14. The van der Waals surface area contributed by atoms with Crippen LogP contribution >= 0.6 is 0 Å². The Balaban J connectivity index is -0.000000271. The van der Waals surface area contributed by atoms with E-state index in [2.05, 4.69) is 49.3 Å². The summed E-state index contributed by atoms with van der Waals surface area (Å²) in [6.45, 7) is 25.8. The summed E-state index contributed by atoms with van der Waals surface area (Å²) in [7, 11) is 1.54. The van der Waals surface area contributed by atoms with Gasteiger partial charge in [0.2, 0.25) is 6.61 Å². The summed E-state index contributed by atoms with van der Waals surface area (Å²) in [6, 6.07) is 6.21. The van der Waals surface area contributed by atoms with Gasteiger partial charge in [-0.1, -0.05) is 89.9 Å². The molecule has 0 radical (unpaired) electrons. The topological polar surface area (TPSA) is 199 Å². The summed E-state index contributed by atoms with van der Waals surface area (Å²) in [4.78, 5) is 38.8. The predicted molar refractivity (Wildman–Crippen MR) is 198 cm³/mol. The van der Waals surface area contributed by atoms with Gasteiger partial charge in [-0.3, -0.25) is 10.1 Å². The fraction of sp³-hybridized carbons (Fsp3) is 0.647. The molecule has 15 nitrogen and oxygen atoms in total. The lowest BCUT2D eigenvalue weighted by Gasteiger charge is -2.14. The molecule has 49 heavy (non-hydrogen) atoms. The van der Waals surface area contributed by atoms with Gasteiger partial charge < -0.3 is 29.7 Å². The first kappa shape index (κ1) is 51.3. The zero-order valence-electron chi connectivity index (χ0n) is 31.9. The molecule has 0 bridgehead atoms. The highest BCUT2D eigenvalue weighted by atomic mass is 16.7. The number of aliphatic carboxylic acids is 1. The lowest BCUT2D eigenvalue weighted by Crippen LogP contribution is -2.15. The molecular weight excluding hydrogens is 636 g/mol. The molecule has 15 heteroatoms. The van der Waals surface area contributed by atoms with E-state index < -0.39 is 10.9 Å². The van der Waals surface area contributed by atoms with Crippen molar-refractivity contribution in [1.29, 1.82) is 0 Å². The Morgan fingerprint density at radius 1 is 0.755 bits per heavy atom. The van der Waals surface area contributed by atoms with Crippen molar-refractivity contribution in [2.45, 2.75) is 102 Å². The second kappa shape index (κ2) is 33.3. The number of non-ortho nitro benzene ring substituents is 1. The van der Waals surface area contributed by atoms with E-state index in [1.165, 1.54) is 18.3 Å². The first-order valence-electron chi connectivity index (χ1n) is 15.9. The number of nitro benzene ring substituents is 1. The van der Waals surface area contributed by atoms with Crippen molar-refractivity contribution in [2.24, 2.45) is 55.4 Å². The number of carboxylic acid groups (broad SMARTS) is 1. The molecule has 0 saturated heterocycles. The highest BCUT2D eigenvalue weighted by Gasteiger charge is 2.09. The van der Waals surface area contributed by atoms with E-state index in [1.54, 1.807) is 44.1 Å². The van der Waals surface area contributed by atoms with Crippen LogP contribution in [0.5, 0.6) is 0 Å². The highest BCUT2D eigenvalue weighted by Crippen LogP contribution is 2.12. The standard InChI is InChI=1S/C11H14N2O3.C8H17NO.C6H11NO3.C5H11NO.C4H9NO/c1-9(2)7-12-16-8-10-3-5-11(6-4-10)13(14)15;1-7(2)6-9-10-8(3,4)5;1-5(2)3-7-10-4-6(8)9;1-5(2)4-6-7-3;1-4(2)3-5-6/h3-7,9H,8H2,1-2H3;6-7H,1-5H3;3,5H,4H2,1-2H3,(H,8,9);4-5H,1-3H3;3-4,6H,1-2H3. The van der Waals surface area contributed by atoms with Gasteiger partial charge >= 0.3 is 5.97 Å². The third kappa shape index (κ3) is 53.2. The molecular formula is C34H62N6O9. The Labute approximate surface area is 293 Å². The zero-order valence-corrected chi connectivity index (χ0v) is 31.9. The van der Waals surface area contributed by atoms with Crippen molar-refractivity contribution in [3.8, 4) is 0 Å². The number of nitrogens with zero attached hydrogens (tertiary/aromatic N) is 6. The quantitative estimate of drug-likeness (QED) is 0.0830. The van der Waals surface area contributed by atoms with Crippen LogP contribution < -0.4 is 0 Å². The monoisotopic (exact) mass is 698 g/mol. The normalized spacial score (nSPS) is 11.3. The zero-order chi connectivity index (χ0) is 38.8. The van der Waals surface area contributed by atoms with Gasteiger partial charge in [0.25, 0.3) is 5.69 Å². The van der Waals surface area contributed by atoms with Gasteiger partial charge in [-0.05, 0) is 68.1 Å². The molecule has 0 atom stereocenters. The summed E-state index contributed by atoms with van der Waals surface area (Å²) >= 11 is 0. The Kier molecular flexibility index (Phi) is 34.9. The molecule has 0 aromatic heterocycles. The molecule has 0 amide bonds. The highest BCUT2D eigenvalue weighted by molar-refractivity contribution is 5.68. The molecule has 282 valence electrons. The molecule has 0 aliphatic rings. The SMILES string of the molecule is CC(C)C=NO.CC(C)C=NOC(C)(C)C.CC(C)C=NOCC(=O)O.CC(C)C=NOCc1ccc([N+](=O)[O-])cc1.CON=CC(C)C. The third-order valence-corrected chi connectivity index (χ3v) is 3.95. The Bertz CT molecular complexity index is 1080. The van der Waals surface area contributed by atoms with E-state index in [-0.39, 0.29) is 23.8 Å². The lowest BCUT2D eigenvalue weighted by atomic mass is 10.2. The first-order valence-corrected chi connectivity index (χ1v) is 15.9. The minimum atomic E-state index is -1.01. The number of oxime groups is 5.